The van der Waals surface area contributed by atoms with E-state index in [1.165, 1.54) is 23.5 Å². The molecule has 0 bridgehead atoms. The number of hydrogen-bond donors (Lipinski definition) is 0. The van der Waals surface area contributed by atoms with Gasteiger partial charge in [-0.3, -0.25) is 4.79 Å². The Bertz CT molecular complexity index is 368. The first kappa shape index (κ1) is 12.5. The van der Waals surface area contributed by atoms with Crippen molar-refractivity contribution >= 4 is 17.7 Å². The van der Waals surface area contributed by atoms with Crippen LogP contribution in [0.3, 0.4) is 0 Å². The van der Waals surface area contributed by atoms with Crippen molar-refractivity contribution in [2.75, 3.05) is 12.4 Å². The van der Waals surface area contributed by atoms with E-state index < -0.39 is 0 Å². The second kappa shape index (κ2) is 6.10. The predicted octanol–water partition coefficient (Wildman–Crippen LogP) is 3.29. The van der Waals surface area contributed by atoms with Crippen LogP contribution in [0.15, 0.2) is 29.2 Å². The molecule has 0 radical (unpaired) electrons. The number of ether oxygens (including phenoxy) is 1. The van der Waals surface area contributed by atoms with Gasteiger partial charge in [-0.25, -0.2) is 0 Å². The highest BCUT2D eigenvalue weighted by Crippen LogP contribution is 2.34. The molecular formula is C14H18O2S. The van der Waals surface area contributed by atoms with Crippen molar-refractivity contribution < 1.29 is 9.53 Å². The van der Waals surface area contributed by atoms with Gasteiger partial charge < -0.3 is 4.74 Å². The van der Waals surface area contributed by atoms with Crippen molar-refractivity contribution in [3.8, 4) is 0 Å². The summed E-state index contributed by atoms with van der Waals surface area (Å²) in [4.78, 5) is 12.6. The summed E-state index contributed by atoms with van der Waals surface area (Å²) in [5.41, 5.74) is 1.03. The second-order valence-corrected chi connectivity index (χ2v) is 5.47. The van der Waals surface area contributed by atoms with Crippen molar-refractivity contribution in [3.63, 3.8) is 0 Å². The fraction of sp³-hybridized carbons (Fsp3) is 0.500. The lowest BCUT2D eigenvalue weighted by atomic mass is 10.1. The molecule has 0 aromatic heterocycles. The summed E-state index contributed by atoms with van der Waals surface area (Å²) < 4.78 is 4.92. The third-order valence-corrected chi connectivity index (χ3v) is 4.00. The highest BCUT2D eigenvalue weighted by Gasteiger charge is 2.20. The van der Waals surface area contributed by atoms with Crippen LogP contribution in [0.2, 0.25) is 0 Å². The van der Waals surface area contributed by atoms with Crippen LogP contribution in [0.5, 0.6) is 0 Å². The zero-order valence-electron chi connectivity index (χ0n) is 10.1. The predicted molar refractivity (Wildman–Crippen MR) is 70.2 cm³/mol. The number of carbonyl (C=O) groups is 1. The molecule has 0 spiro atoms. The van der Waals surface area contributed by atoms with E-state index in [-0.39, 0.29) is 5.97 Å². The van der Waals surface area contributed by atoms with Gasteiger partial charge in [-0.1, -0.05) is 12.1 Å². The Labute approximate surface area is 107 Å². The summed E-state index contributed by atoms with van der Waals surface area (Å²) in [5, 5.41) is 0. The number of esters is 1. The molecule has 0 unspecified atom stereocenters. The van der Waals surface area contributed by atoms with E-state index in [9.17, 15) is 4.79 Å². The molecule has 0 saturated heterocycles. The van der Waals surface area contributed by atoms with E-state index in [2.05, 4.69) is 12.1 Å². The lowest BCUT2D eigenvalue weighted by molar-refractivity contribution is -0.142. The molecule has 1 aliphatic rings. The maximum absolute atomic E-state index is 11.3. The van der Waals surface area contributed by atoms with Gasteiger partial charge in [0.2, 0.25) is 0 Å². The summed E-state index contributed by atoms with van der Waals surface area (Å²) in [7, 11) is 0. The Kier molecular flexibility index (Phi) is 4.49. The van der Waals surface area contributed by atoms with Gasteiger partial charge in [-0.2, -0.15) is 0 Å². The van der Waals surface area contributed by atoms with Gasteiger partial charge in [-0.15, -0.1) is 11.8 Å². The normalized spacial score (nSPS) is 14.6. The minimum absolute atomic E-state index is 0.147. The van der Waals surface area contributed by atoms with Gasteiger partial charge in [0.1, 0.15) is 0 Å². The monoisotopic (exact) mass is 250 g/mol. The van der Waals surface area contributed by atoms with E-state index in [0.717, 1.165) is 11.5 Å². The fourth-order valence-electron chi connectivity index (χ4n) is 1.58. The van der Waals surface area contributed by atoms with Crippen LogP contribution < -0.4 is 0 Å². The molecule has 2 nitrogen and oxygen atoms in total. The number of thioether (sulfide) groups is 1. The molecule has 1 aliphatic carbocycles. The summed E-state index contributed by atoms with van der Waals surface area (Å²) in [6.07, 6.45) is 3.17. The molecule has 0 N–H and O–H groups in total. The number of rotatable bonds is 6. The first-order chi connectivity index (χ1) is 8.28. The van der Waals surface area contributed by atoms with Crippen LogP contribution in [0.25, 0.3) is 0 Å². The van der Waals surface area contributed by atoms with Gasteiger partial charge in [0.15, 0.2) is 0 Å². The minimum Gasteiger partial charge on any atom is -0.466 e. The second-order valence-electron chi connectivity index (χ2n) is 4.38. The maximum atomic E-state index is 11.3. The Morgan fingerprint density at radius 2 is 2.06 bits per heavy atom. The maximum Gasteiger partial charge on any atom is 0.310 e. The van der Waals surface area contributed by atoms with E-state index in [0.29, 0.717) is 13.0 Å². The highest BCUT2D eigenvalue weighted by molar-refractivity contribution is 7.99. The minimum atomic E-state index is -0.147. The summed E-state index contributed by atoms with van der Waals surface area (Å²) >= 11 is 1.91. The Morgan fingerprint density at radius 3 is 2.65 bits per heavy atom. The average Bonchev–Trinajstić information content (AvgIpc) is 3.12. The molecule has 3 heteroatoms. The summed E-state index contributed by atoms with van der Waals surface area (Å²) in [6, 6.07) is 8.24. The largest absolute Gasteiger partial charge is 0.466 e. The molecule has 0 amide bonds. The molecule has 92 valence electrons. The lowest BCUT2D eigenvalue weighted by Gasteiger charge is -2.04. The molecule has 1 aromatic carbocycles. The van der Waals surface area contributed by atoms with E-state index in [1.54, 1.807) is 0 Å². The van der Waals surface area contributed by atoms with Gasteiger partial charge in [0, 0.05) is 10.6 Å². The van der Waals surface area contributed by atoms with Crippen LogP contribution in [-0.2, 0) is 16.0 Å². The molecule has 0 atom stereocenters. The van der Waals surface area contributed by atoms with Gasteiger partial charge in [0.05, 0.1) is 13.0 Å². The first-order valence-electron chi connectivity index (χ1n) is 6.15. The molecule has 1 aromatic rings. The van der Waals surface area contributed by atoms with Crippen LogP contribution in [0, 0.1) is 5.92 Å². The number of benzene rings is 1. The van der Waals surface area contributed by atoms with Gasteiger partial charge >= 0.3 is 5.97 Å². The van der Waals surface area contributed by atoms with E-state index in [4.69, 9.17) is 4.74 Å². The number of carbonyl (C=O) groups excluding carboxylic acids is 1. The summed E-state index contributed by atoms with van der Waals surface area (Å²) in [5.74, 6) is 2.03. The van der Waals surface area contributed by atoms with E-state index >= 15 is 0 Å². The molecule has 0 aliphatic heterocycles. The number of hydrogen-bond acceptors (Lipinski definition) is 3. The molecular weight excluding hydrogens is 232 g/mol. The topological polar surface area (TPSA) is 26.3 Å². The Morgan fingerprint density at radius 1 is 1.35 bits per heavy atom. The van der Waals surface area contributed by atoms with Crippen molar-refractivity contribution in [3.05, 3.63) is 29.8 Å². The molecule has 1 fully saturated rings. The molecule has 0 heterocycles. The zero-order valence-corrected chi connectivity index (χ0v) is 11.0. The van der Waals surface area contributed by atoms with Crippen LogP contribution in [-0.4, -0.2) is 18.3 Å². The first-order valence-corrected chi connectivity index (χ1v) is 7.14. The Hall–Kier alpha value is -0.960. The van der Waals surface area contributed by atoms with Crippen molar-refractivity contribution in [2.24, 2.45) is 5.92 Å². The third kappa shape index (κ3) is 4.43. The zero-order chi connectivity index (χ0) is 12.1. The Balaban J connectivity index is 1.81. The fourth-order valence-corrected chi connectivity index (χ4v) is 2.67. The average molecular weight is 250 g/mol. The van der Waals surface area contributed by atoms with Crippen molar-refractivity contribution in [1.29, 1.82) is 0 Å². The summed E-state index contributed by atoms with van der Waals surface area (Å²) in [6.45, 7) is 2.28. The SMILES string of the molecule is CCOC(=O)Cc1ccc(SCC2CC2)cc1. The standard InChI is InChI=1S/C14H18O2S/c1-2-16-14(15)9-11-5-7-13(8-6-11)17-10-12-3-4-12/h5-8,12H,2-4,9-10H2,1H3. The van der Waals surface area contributed by atoms with Crippen LogP contribution in [0.1, 0.15) is 25.3 Å². The van der Waals surface area contributed by atoms with Gasteiger partial charge in [-0.05, 0) is 43.4 Å². The smallest absolute Gasteiger partial charge is 0.310 e. The quantitative estimate of drug-likeness (QED) is 0.572. The van der Waals surface area contributed by atoms with Crippen molar-refractivity contribution in [1.82, 2.24) is 0 Å². The van der Waals surface area contributed by atoms with Gasteiger partial charge in [0.25, 0.3) is 0 Å². The molecule has 2 rings (SSSR count). The van der Waals surface area contributed by atoms with Crippen LogP contribution in [0.4, 0.5) is 0 Å². The third-order valence-electron chi connectivity index (χ3n) is 2.76. The van der Waals surface area contributed by atoms with Crippen LogP contribution >= 0.6 is 11.8 Å². The van der Waals surface area contributed by atoms with E-state index in [1.807, 2.05) is 30.8 Å². The molecule has 1 saturated carbocycles. The van der Waals surface area contributed by atoms with Crippen molar-refractivity contribution in [2.45, 2.75) is 31.1 Å². The lowest BCUT2D eigenvalue weighted by Crippen LogP contribution is -2.07. The molecule has 17 heavy (non-hydrogen) atoms. The highest BCUT2D eigenvalue weighted by atomic mass is 32.2.